The van der Waals surface area contributed by atoms with E-state index in [2.05, 4.69) is 79.6 Å². The van der Waals surface area contributed by atoms with Gasteiger partial charge in [-0.15, -0.1) is 0 Å². The Hall–Kier alpha value is 0.110. The Bertz CT molecular complexity index is 730. The molecule has 0 fully saturated rings. The zero-order valence-electron chi connectivity index (χ0n) is 9.96. The lowest BCUT2D eigenvalue weighted by Gasteiger charge is -2.14. The Labute approximate surface area is 162 Å². The number of ether oxygens (including phenoxy) is 1. The molecule has 1 N–H and O–H groups in total. The summed E-state index contributed by atoms with van der Waals surface area (Å²) < 4.78 is 8.90. The average Bonchev–Trinajstić information content (AvgIpc) is 2.44. The van der Waals surface area contributed by atoms with Crippen molar-refractivity contribution in [3.8, 4) is 17.2 Å². The van der Waals surface area contributed by atoms with E-state index in [1.165, 1.54) is 0 Å². The van der Waals surface area contributed by atoms with Gasteiger partial charge in [-0.1, -0.05) is 15.9 Å². The van der Waals surface area contributed by atoms with E-state index in [0.29, 0.717) is 35.5 Å². The normalized spacial score (nSPS) is 10.5. The summed E-state index contributed by atoms with van der Waals surface area (Å²) in [5, 5.41) is 10.0. The Kier molecular flexibility index (Phi) is 5.92. The number of carbonyl (C=O) groups excluding carboxylic acids is 1. The van der Waals surface area contributed by atoms with Gasteiger partial charge in [0.1, 0.15) is 0 Å². The fourth-order valence-corrected chi connectivity index (χ4v) is 4.23. The predicted octanol–water partition coefficient (Wildman–Crippen LogP) is 6.81. The molecule has 0 aliphatic carbocycles. The van der Waals surface area contributed by atoms with E-state index in [0.717, 1.165) is 4.47 Å². The van der Waals surface area contributed by atoms with Gasteiger partial charge in [0, 0.05) is 13.4 Å². The van der Waals surface area contributed by atoms with E-state index >= 15 is 0 Å². The first-order valence-electron chi connectivity index (χ1n) is 5.33. The van der Waals surface area contributed by atoms with Gasteiger partial charge in [-0.25, -0.2) is 0 Å². The summed E-state index contributed by atoms with van der Waals surface area (Å²) in [6.07, 6.45) is 0.682. The predicted molar refractivity (Wildman–Crippen MR) is 98.5 cm³/mol. The van der Waals surface area contributed by atoms with E-state index in [-0.39, 0.29) is 11.5 Å². The van der Waals surface area contributed by atoms with Gasteiger partial charge < -0.3 is 9.84 Å². The van der Waals surface area contributed by atoms with Crippen LogP contribution in [0.4, 0.5) is 0 Å². The number of phenolic OH excluding ortho intramolecular Hbond substituents is 1. The largest absolute Gasteiger partial charge is 0.503 e. The van der Waals surface area contributed by atoms with Crippen molar-refractivity contribution < 1.29 is 14.6 Å². The lowest BCUT2D eigenvalue weighted by molar-refractivity contribution is 0.112. The SMILES string of the molecule is O=Cc1cc(Br)c(Br)c(Br)c1Oc1cc(Br)cc(Br)c1O. The Morgan fingerprint density at radius 3 is 2.24 bits per heavy atom. The second kappa shape index (κ2) is 7.12. The molecule has 0 amide bonds. The van der Waals surface area contributed by atoms with Crippen LogP contribution in [0, 0.1) is 0 Å². The molecule has 0 saturated carbocycles. The van der Waals surface area contributed by atoms with Gasteiger partial charge in [-0.05, 0) is 81.9 Å². The monoisotopic (exact) mass is 604 g/mol. The molecular formula is C13H5Br5O3. The van der Waals surface area contributed by atoms with E-state index in [9.17, 15) is 9.90 Å². The molecule has 0 aliphatic heterocycles. The molecule has 0 unspecified atom stereocenters. The number of carbonyl (C=O) groups is 1. The van der Waals surface area contributed by atoms with Crippen molar-refractivity contribution in [2.24, 2.45) is 0 Å². The van der Waals surface area contributed by atoms with Gasteiger partial charge in [-0.2, -0.15) is 0 Å². The van der Waals surface area contributed by atoms with Crippen molar-refractivity contribution in [3.05, 3.63) is 46.1 Å². The van der Waals surface area contributed by atoms with Crippen molar-refractivity contribution in [2.45, 2.75) is 0 Å². The van der Waals surface area contributed by atoms with Crippen molar-refractivity contribution in [1.82, 2.24) is 0 Å². The Balaban J connectivity index is 2.59. The highest BCUT2D eigenvalue weighted by atomic mass is 79.9. The number of benzene rings is 2. The first kappa shape index (κ1) is 17.5. The maximum absolute atomic E-state index is 11.2. The second-order valence-corrected chi connectivity index (χ2v) is 8.07. The molecule has 0 bridgehead atoms. The van der Waals surface area contributed by atoms with Gasteiger partial charge in [-0.3, -0.25) is 4.79 Å². The maximum Gasteiger partial charge on any atom is 0.172 e. The van der Waals surface area contributed by atoms with E-state index in [4.69, 9.17) is 4.74 Å². The topological polar surface area (TPSA) is 46.5 Å². The van der Waals surface area contributed by atoms with Crippen molar-refractivity contribution >= 4 is 85.9 Å². The third-order valence-electron chi connectivity index (χ3n) is 2.48. The van der Waals surface area contributed by atoms with E-state index < -0.39 is 0 Å². The number of rotatable bonds is 3. The standard InChI is InChI=1S/C13H5Br5O3/c14-6-2-8(16)12(20)9(3-6)21-13-5(4-19)1-7(15)10(17)11(13)18/h1-4,20H. The minimum Gasteiger partial charge on any atom is -0.503 e. The lowest BCUT2D eigenvalue weighted by Crippen LogP contribution is -1.94. The summed E-state index contributed by atoms with van der Waals surface area (Å²) in [6.45, 7) is 0. The smallest absolute Gasteiger partial charge is 0.172 e. The van der Waals surface area contributed by atoms with Gasteiger partial charge in [0.2, 0.25) is 0 Å². The third kappa shape index (κ3) is 3.72. The molecule has 2 rings (SSSR count). The molecule has 21 heavy (non-hydrogen) atoms. The molecule has 0 aromatic heterocycles. The molecule has 2 aromatic rings. The zero-order valence-corrected chi connectivity index (χ0v) is 17.9. The number of phenols is 1. The van der Waals surface area contributed by atoms with Crippen LogP contribution in [0.15, 0.2) is 40.6 Å². The van der Waals surface area contributed by atoms with Crippen LogP contribution in [0.2, 0.25) is 0 Å². The van der Waals surface area contributed by atoms with Gasteiger partial charge in [0.15, 0.2) is 23.5 Å². The number of halogens is 5. The minimum atomic E-state index is -0.0546. The van der Waals surface area contributed by atoms with Gasteiger partial charge >= 0.3 is 0 Å². The summed E-state index contributed by atoms with van der Waals surface area (Å²) in [4.78, 5) is 11.2. The van der Waals surface area contributed by atoms with Crippen LogP contribution in [-0.4, -0.2) is 11.4 Å². The molecule has 0 saturated heterocycles. The summed E-state index contributed by atoms with van der Waals surface area (Å²) in [5.41, 5.74) is 0.340. The average molecular weight is 609 g/mol. The summed E-state index contributed by atoms with van der Waals surface area (Å²) in [6, 6.07) is 4.92. The van der Waals surface area contributed by atoms with Crippen LogP contribution in [0.5, 0.6) is 17.2 Å². The zero-order chi connectivity index (χ0) is 15.7. The molecule has 8 heteroatoms. The van der Waals surface area contributed by atoms with Crippen LogP contribution < -0.4 is 4.74 Å². The van der Waals surface area contributed by atoms with Crippen LogP contribution in [0.3, 0.4) is 0 Å². The molecule has 0 atom stereocenters. The first-order chi connectivity index (χ1) is 9.85. The summed E-state index contributed by atoms with van der Waals surface area (Å²) in [7, 11) is 0. The van der Waals surface area contributed by atoms with Crippen LogP contribution in [0.1, 0.15) is 10.4 Å². The van der Waals surface area contributed by atoms with Crippen molar-refractivity contribution in [1.29, 1.82) is 0 Å². The van der Waals surface area contributed by atoms with Crippen LogP contribution in [-0.2, 0) is 0 Å². The molecular weight excluding hydrogens is 604 g/mol. The summed E-state index contributed by atoms with van der Waals surface area (Å²) >= 11 is 16.7. The first-order valence-corrected chi connectivity index (χ1v) is 9.30. The molecule has 0 radical (unpaired) electrons. The molecule has 110 valence electrons. The summed E-state index contributed by atoms with van der Waals surface area (Å²) in [5.74, 6) is 0.468. The molecule has 0 spiro atoms. The highest BCUT2D eigenvalue weighted by Crippen LogP contribution is 2.45. The van der Waals surface area contributed by atoms with Gasteiger partial charge in [0.25, 0.3) is 0 Å². The van der Waals surface area contributed by atoms with Crippen molar-refractivity contribution in [3.63, 3.8) is 0 Å². The quantitative estimate of drug-likeness (QED) is 0.308. The molecule has 0 heterocycles. The molecule has 0 aliphatic rings. The third-order valence-corrected chi connectivity index (χ3v) is 6.81. The minimum absolute atomic E-state index is 0.0546. The van der Waals surface area contributed by atoms with Crippen molar-refractivity contribution in [2.75, 3.05) is 0 Å². The number of hydrogen-bond donors (Lipinski definition) is 1. The lowest BCUT2D eigenvalue weighted by atomic mass is 10.2. The van der Waals surface area contributed by atoms with Gasteiger partial charge in [0.05, 0.1) is 14.5 Å². The highest BCUT2D eigenvalue weighted by molar-refractivity contribution is 9.14. The molecule has 3 nitrogen and oxygen atoms in total. The Morgan fingerprint density at radius 2 is 1.62 bits per heavy atom. The van der Waals surface area contributed by atoms with Crippen LogP contribution in [0.25, 0.3) is 0 Å². The second-order valence-electron chi connectivity index (χ2n) is 3.86. The fourth-order valence-electron chi connectivity index (χ4n) is 1.52. The van der Waals surface area contributed by atoms with E-state index in [1.54, 1.807) is 18.2 Å². The molecule has 2 aromatic carbocycles. The number of aromatic hydroxyl groups is 1. The maximum atomic E-state index is 11.2. The Morgan fingerprint density at radius 1 is 0.952 bits per heavy atom. The highest BCUT2D eigenvalue weighted by Gasteiger charge is 2.18. The number of hydrogen-bond acceptors (Lipinski definition) is 3. The fraction of sp³-hybridized carbons (Fsp3) is 0. The van der Waals surface area contributed by atoms with Crippen LogP contribution >= 0.6 is 79.6 Å². The van der Waals surface area contributed by atoms with E-state index in [1.807, 2.05) is 0 Å². The number of aldehydes is 1.